The fourth-order valence-electron chi connectivity index (χ4n) is 1.06. The van der Waals surface area contributed by atoms with Crippen molar-refractivity contribution in [2.24, 2.45) is 0 Å². The number of benzene rings is 1. The first kappa shape index (κ1) is 10.7. The van der Waals surface area contributed by atoms with Gasteiger partial charge in [-0.05, 0) is 38.0 Å². The van der Waals surface area contributed by atoms with Crippen LogP contribution in [0.3, 0.4) is 0 Å². The maximum atomic E-state index is 5.54. The van der Waals surface area contributed by atoms with E-state index in [0.717, 1.165) is 4.47 Å². The second kappa shape index (κ2) is 4.77. The summed E-state index contributed by atoms with van der Waals surface area (Å²) in [4.78, 5) is 0. The van der Waals surface area contributed by atoms with Gasteiger partial charge in [0.15, 0.2) is 0 Å². The highest BCUT2D eigenvalue weighted by Gasteiger charge is 2.02. The van der Waals surface area contributed by atoms with E-state index in [9.17, 15) is 0 Å². The van der Waals surface area contributed by atoms with Gasteiger partial charge in [-0.2, -0.15) is 0 Å². The molecule has 0 aliphatic rings. The lowest BCUT2D eigenvalue weighted by atomic mass is 10.1. The van der Waals surface area contributed by atoms with Gasteiger partial charge in [-0.25, -0.2) is 0 Å². The summed E-state index contributed by atoms with van der Waals surface area (Å²) in [7, 11) is 0. The van der Waals surface area contributed by atoms with E-state index < -0.39 is 0 Å². The summed E-state index contributed by atoms with van der Waals surface area (Å²) in [5, 5.41) is 0. The van der Waals surface area contributed by atoms with Crippen molar-refractivity contribution in [1.82, 2.24) is 0 Å². The van der Waals surface area contributed by atoms with Crippen LogP contribution in [0.2, 0.25) is 0 Å². The average Bonchev–Trinajstić information content (AvgIpc) is 2.07. The van der Waals surface area contributed by atoms with Gasteiger partial charge in [0.25, 0.3) is 0 Å². The molecule has 0 saturated carbocycles. The Hall–Kier alpha value is -0.340. The van der Waals surface area contributed by atoms with Crippen LogP contribution < -0.4 is 0 Å². The predicted octanol–water partition coefficient (Wildman–Crippen LogP) is 3.68. The minimum atomic E-state index is 0.290. The minimum Gasteiger partial charge on any atom is -0.374 e. The van der Waals surface area contributed by atoms with Crippen LogP contribution >= 0.6 is 15.9 Å². The van der Waals surface area contributed by atoms with Crippen LogP contribution in [-0.4, -0.2) is 6.10 Å². The Kier molecular flexibility index (Phi) is 3.94. The molecular weight excluding hydrogens is 228 g/mol. The van der Waals surface area contributed by atoms with Gasteiger partial charge in [-0.3, -0.25) is 0 Å². The number of halogens is 1. The zero-order valence-corrected chi connectivity index (χ0v) is 9.89. The van der Waals surface area contributed by atoms with Crippen molar-refractivity contribution in [2.45, 2.75) is 33.5 Å². The van der Waals surface area contributed by atoms with Crippen molar-refractivity contribution < 1.29 is 4.74 Å². The van der Waals surface area contributed by atoms with E-state index >= 15 is 0 Å². The van der Waals surface area contributed by atoms with E-state index in [4.69, 9.17) is 4.74 Å². The number of hydrogen-bond acceptors (Lipinski definition) is 1. The predicted molar refractivity (Wildman–Crippen MR) is 58.8 cm³/mol. The molecule has 0 radical (unpaired) electrons. The molecule has 13 heavy (non-hydrogen) atoms. The largest absolute Gasteiger partial charge is 0.374 e. The first-order valence-electron chi connectivity index (χ1n) is 4.47. The van der Waals surface area contributed by atoms with Gasteiger partial charge in [0.05, 0.1) is 12.7 Å². The Morgan fingerprint density at radius 1 is 1.38 bits per heavy atom. The Bertz CT molecular complexity index is 281. The molecule has 1 aromatic carbocycles. The first-order valence-corrected chi connectivity index (χ1v) is 5.26. The minimum absolute atomic E-state index is 0.290. The highest BCUT2D eigenvalue weighted by Crippen LogP contribution is 2.20. The fraction of sp³-hybridized carbons (Fsp3) is 0.455. The molecule has 1 aromatic rings. The lowest BCUT2D eigenvalue weighted by molar-refractivity contribution is 0.0654. The number of ether oxygens (including phenoxy) is 1. The molecule has 72 valence electrons. The van der Waals surface area contributed by atoms with E-state index in [-0.39, 0.29) is 0 Å². The van der Waals surface area contributed by atoms with Crippen LogP contribution in [0.4, 0.5) is 0 Å². The second-order valence-electron chi connectivity index (χ2n) is 3.38. The fourth-order valence-corrected chi connectivity index (χ4v) is 1.47. The number of rotatable bonds is 3. The molecule has 0 saturated heterocycles. The maximum Gasteiger partial charge on any atom is 0.0723 e. The van der Waals surface area contributed by atoms with E-state index in [1.54, 1.807) is 0 Å². The SMILES string of the molecule is Cc1c(Br)cccc1COC(C)C. The molecule has 1 rings (SSSR count). The van der Waals surface area contributed by atoms with Crippen LogP contribution in [0.15, 0.2) is 22.7 Å². The van der Waals surface area contributed by atoms with Crippen molar-refractivity contribution in [2.75, 3.05) is 0 Å². The van der Waals surface area contributed by atoms with Gasteiger partial charge in [0.2, 0.25) is 0 Å². The van der Waals surface area contributed by atoms with Crippen molar-refractivity contribution in [3.8, 4) is 0 Å². The molecule has 0 bridgehead atoms. The monoisotopic (exact) mass is 242 g/mol. The van der Waals surface area contributed by atoms with Gasteiger partial charge in [0.1, 0.15) is 0 Å². The molecule has 0 aromatic heterocycles. The molecule has 0 heterocycles. The molecular formula is C11H15BrO. The highest BCUT2D eigenvalue weighted by molar-refractivity contribution is 9.10. The summed E-state index contributed by atoms with van der Waals surface area (Å²) < 4.78 is 6.69. The molecule has 0 unspecified atom stereocenters. The summed E-state index contributed by atoms with van der Waals surface area (Å²) in [6.45, 7) is 6.90. The smallest absolute Gasteiger partial charge is 0.0723 e. The van der Waals surface area contributed by atoms with Crippen molar-refractivity contribution in [3.05, 3.63) is 33.8 Å². The van der Waals surface area contributed by atoms with Crippen molar-refractivity contribution >= 4 is 15.9 Å². The molecule has 0 N–H and O–H groups in total. The quantitative estimate of drug-likeness (QED) is 0.786. The highest BCUT2D eigenvalue weighted by atomic mass is 79.9. The summed E-state index contributed by atoms with van der Waals surface area (Å²) in [5.41, 5.74) is 2.52. The van der Waals surface area contributed by atoms with Crippen LogP contribution in [-0.2, 0) is 11.3 Å². The standard InChI is InChI=1S/C11H15BrO/c1-8(2)13-7-10-5-4-6-11(12)9(10)3/h4-6,8H,7H2,1-3H3. The van der Waals surface area contributed by atoms with E-state index in [0.29, 0.717) is 12.7 Å². The summed E-state index contributed by atoms with van der Waals surface area (Å²) in [6, 6.07) is 6.19. The summed E-state index contributed by atoms with van der Waals surface area (Å²) >= 11 is 3.50. The Morgan fingerprint density at radius 3 is 2.69 bits per heavy atom. The molecule has 0 aliphatic heterocycles. The summed E-state index contributed by atoms with van der Waals surface area (Å²) in [6.07, 6.45) is 0.290. The molecule has 0 amide bonds. The molecule has 0 aliphatic carbocycles. The van der Waals surface area contributed by atoms with Crippen molar-refractivity contribution in [3.63, 3.8) is 0 Å². The van der Waals surface area contributed by atoms with Gasteiger partial charge >= 0.3 is 0 Å². The molecule has 2 heteroatoms. The molecule has 1 nitrogen and oxygen atoms in total. The third-order valence-corrected chi connectivity index (χ3v) is 2.81. The van der Waals surface area contributed by atoms with E-state index in [2.05, 4.69) is 28.9 Å². The zero-order chi connectivity index (χ0) is 9.84. The van der Waals surface area contributed by atoms with Crippen molar-refractivity contribution in [1.29, 1.82) is 0 Å². The van der Waals surface area contributed by atoms with Gasteiger partial charge < -0.3 is 4.74 Å². The van der Waals surface area contributed by atoms with E-state index in [1.807, 2.05) is 26.0 Å². The lowest BCUT2D eigenvalue weighted by Gasteiger charge is -2.10. The first-order chi connectivity index (χ1) is 6.11. The van der Waals surface area contributed by atoms with Crippen LogP contribution in [0.5, 0.6) is 0 Å². The third-order valence-electron chi connectivity index (χ3n) is 1.95. The number of hydrogen-bond donors (Lipinski definition) is 0. The Morgan fingerprint density at radius 2 is 2.08 bits per heavy atom. The van der Waals surface area contributed by atoms with Crippen LogP contribution in [0.25, 0.3) is 0 Å². The topological polar surface area (TPSA) is 9.23 Å². The van der Waals surface area contributed by atoms with E-state index in [1.165, 1.54) is 11.1 Å². The van der Waals surface area contributed by atoms with Crippen LogP contribution in [0, 0.1) is 6.92 Å². The Labute approximate surface area is 88.2 Å². The maximum absolute atomic E-state index is 5.54. The lowest BCUT2D eigenvalue weighted by Crippen LogP contribution is -2.03. The molecule has 0 spiro atoms. The summed E-state index contributed by atoms with van der Waals surface area (Å²) in [5.74, 6) is 0. The van der Waals surface area contributed by atoms with Crippen LogP contribution in [0.1, 0.15) is 25.0 Å². The molecule has 0 atom stereocenters. The van der Waals surface area contributed by atoms with Gasteiger partial charge in [-0.15, -0.1) is 0 Å². The molecule has 0 fully saturated rings. The third kappa shape index (κ3) is 3.12. The Balaban J connectivity index is 2.71. The normalized spacial score (nSPS) is 10.8. The average molecular weight is 243 g/mol. The van der Waals surface area contributed by atoms with Gasteiger partial charge in [-0.1, -0.05) is 28.1 Å². The second-order valence-corrected chi connectivity index (χ2v) is 4.24. The van der Waals surface area contributed by atoms with Gasteiger partial charge in [0, 0.05) is 4.47 Å². The zero-order valence-electron chi connectivity index (χ0n) is 8.30.